The number of oxazole rings is 1. The number of aromatic nitrogens is 3. The smallest absolute Gasteiger partial charge is 0.332 e. The van der Waals surface area contributed by atoms with Crippen LogP contribution in [0.15, 0.2) is 56.8 Å². The normalized spacial score (nSPS) is 11.4. The average molecular weight is 425 g/mol. The predicted molar refractivity (Wildman–Crippen MR) is 117 cm³/mol. The number of nitrogen functional groups attached to an aromatic ring is 1. The van der Waals surface area contributed by atoms with Crippen LogP contribution in [0.4, 0.5) is 5.82 Å². The number of benzene rings is 1. The van der Waals surface area contributed by atoms with Crippen molar-refractivity contribution in [1.29, 1.82) is 0 Å². The van der Waals surface area contributed by atoms with E-state index in [9.17, 15) is 14.4 Å². The quantitative estimate of drug-likeness (QED) is 0.519. The molecule has 3 aromatic rings. The van der Waals surface area contributed by atoms with E-state index in [-0.39, 0.29) is 37.1 Å². The molecule has 0 bridgehead atoms. The highest BCUT2D eigenvalue weighted by molar-refractivity contribution is 6.01. The number of rotatable bonds is 9. The maximum Gasteiger partial charge on any atom is 0.332 e. The van der Waals surface area contributed by atoms with Crippen molar-refractivity contribution < 1.29 is 9.21 Å². The number of carbonyl (C=O) groups excluding carboxylic acids is 1. The lowest BCUT2D eigenvalue weighted by molar-refractivity contribution is 0.0885. The van der Waals surface area contributed by atoms with Gasteiger partial charge in [0.25, 0.3) is 5.56 Å². The van der Waals surface area contributed by atoms with Gasteiger partial charge in [-0.25, -0.2) is 9.78 Å². The fourth-order valence-electron chi connectivity index (χ4n) is 3.36. The molecule has 3 rings (SSSR count). The predicted octanol–water partition coefficient (Wildman–Crippen LogP) is 1.74. The third-order valence-corrected chi connectivity index (χ3v) is 5.15. The van der Waals surface area contributed by atoms with E-state index in [1.54, 1.807) is 6.92 Å². The summed E-state index contributed by atoms with van der Waals surface area (Å²) in [5.41, 5.74) is 5.69. The largest absolute Gasteiger partial charge is 0.448 e. The van der Waals surface area contributed by atoms with Gasteiger partial charge in [0.15, 0.2) is 5.78 Å². The van der Waals surface area contributed by atoms with Crippen LogP contribution in [0.25, 0.3) is 0 Å². The van der Waals surface area contributed by atoms with Gasteiger partial charge in [-0.2, -0.15) is 0 Å². The first kappa shape index (κ1) is 22.2. The van der Waals surface area contributed by atoms with E-state index in [2.05, 4.69) is 4.98 Å². The summed E-state index contributed by atoms with van der Waals surface area (Å²) in [5.74, 6) is -0.102. The zero-order valence-electron chi connectivity index (χ0n) is 17.9. The highest BCUT2D eigenvalue weighted by Gasteiger charge is 2.25. The van der Waals surface area contributed by atoms with Crippen molar-refractivity contribution in [2.24, 2.45) is 0 Å². The van der Waals surface area contributed by atoms with E-state index >= 15 is 0 Å². The Kier molecular flexibility index (Phi) is 6.86. The molecule has 0 aliphatic rings. The molecule has 0 spiro atoms. The second-order valence-electron chi connectivity index (χ2n) is 7.51. The molecular weight excluding hydrogens is 398 g/mol. The van der Waals surface area contributed by atoms with E-state index in [0.717, 1.165) is 10.1 Å². The lowest BCUT2D eigenvalue weighted by atomic mass is 10.1. The zero-order chi connectivity index (χ0) is 22.5. The number of nitrogens with zero attached hydrogens (tertiary/aromatic N) is 4. The van der Waals surface area contributed by atoms with Gasteiger partial charge in [0.1, 0.15) is 17.6 Å². The van der Waals surface area contributed by atoms with Crippen LogP contribution in [-0.2, 0) is 19.6 Å². The standard InChI is InChI=1S/C22H27N5O4/c1-4-26-21(29)19(17(28)13-25(15(2)3)14-18-24-10-11-31-18)20(23)27(22(26)30)12-16-8-6-5-7-9-16/h5-11,15H,4,12-14,23H2,1-3H3. The first-order valence-electron chi connectivity index (χ1n) is 10.2. The molecule has 0 saturated carbocycles. The molecule has 2 heterocycles. The van der Waals surface area contributed by atoms with Gasteiger partial charge in [0.2, 0.25) is 5.89 Å². The molecule has 31 heavy (non-hydrogen) atoms. The SMILES string of the molecule is CCn1c(=O)c(C(=O)CN(Cc2ncco2)C(C)C)c(N)n(Cc2ccccc2)c1=O. The Morgan fingerprint density at radius 2 is 1.90 bits per heavy atom. The molecule has 0 radical (unpaired) electrons. The van der Waals surface area contributed by atoms with Crippen LogP contribution in [0.5, 0.6) is 0 Å². The third-order valence-electron chi connectivity index (χ3n) is 5.15. The molecule has 0 atom stereocenters. The summed E-state index contributed by atoms with van der Waals surface area (Å²) in [5, 5.41) is 0. The van der Waals surface area contributed by atoms with Crippen LogP contribution in [-0.4, -0.2) is 37.4 Å². The van der Waals surface area contributed by atoms with Gasteiger partial charge in [-0.3, -0.25) is 23.6 Å². The minimum Gasteiger partial charge on any atom is -0.448 e. The Bertz CT molecular complexity index is 1150. The second kappa shape index (κ2) is 9.57. The molecule has 0 unspecified atom stereocenters. The molecule has 2 aromatic heterocycles. The molecule has 164 valence electrons. The first-order chi connectivity index (χ1) is 14.8. The molecule has 0 saturated heterocycles. The number of anilines is 1. The number of hydrogen-bond donors (Lipinski definition) is 1. The summed E-state index contributed by atoms with van der Waals surface area (Å²) >= 11 is 0. The number of carbonyl (C=O) groups is 1. The maximum absolute atomic E-state index is 13.2. The van der Waals surface area contributed by atoms with Gasteiger partial charge in [-0.05, 0) is 26.3 Å². The summed E-state index contributed by atoms with van der Waals surface area (Å²) in [4.78, 5) is 45.0. The van der Waals surface area contributed by atoms with Gasteiger partial charge in [0, 0.05) is 12.6 Å². The van der Waals surface area contributed by atoms with Crippen molar-refractivity contribution >= 4 is 11.6 Å². The highest BCUT2D eigenvalue weighted by Crippen LogP contribution is 2.13. The van der Waals surface area contributed by atoms with E-state index < -0.39 is 17.0 Å². The number of Topliss-reactive ketones (excluding diaryl/α,β-unsaturated/α-hetero) is 1. The Morgan fingerprint density at radius 3 is 2.48 bits per heavy atom. The first-order valence-corrected chi connectivity index (χ1v) is 10.2. The Labute approximate surface area is 179 Å². The number of ketones is 1. The van der Waals surface area contributed by atoms with Gasteiger partial charge in [-0.1, -0.05) is 30.3 Å². The maximum atomic E-state index is 13.2. The number of hydrogen-bond acceptors (Lipinski definition) is 7. The Morgan fingerprint density at radius 1 is 1.19 bits per heavy atom. The van der Waals surface area contributed by atoms with Crippen molar-refractivity contribution in [3.63, 3.8) is 0 Å². The Balaban J connectivity index is 2.00. The molecule has 0 aliphatic heterocycles. The summed E-state index contributed by atoms with van der Waals surface area (Å²) in [6.45, 7) is 6.09. The third kappa shape index (κ3) is 4.83. The van der Waals surface area contributed by atoms with Crippen molar-refractivity contribution in [3.8, 4) is 0 Å². The van der Waals surface area contributed by atoms with Crippen molar-refractivity contribution in [3.05, 3.63) is 80.6 Å². The fraction of sp³-hybridized carbons (Fsp3) is 0.364. The Hall–Kier alpha value is -3.46. The van der Waals surface area contributed by atoms with Crippen LogP contribution in [0.3, 0.4) is 0 Å². The van der Waals surface area contributed by atoms with E-state index in [1.807, 2.05) is 49.1 Å². The second-order valence-corrected chi connectivity index (χ2v) is 7.51. The lowest BCUT2D eigenvalue weighted by Gasteiger charge is -2.24. The van der Waals surface area contributed by atoms with Crippen LogP contribution in [0.2, 0.25) is 0 Å². The summed E-state index contributed by atoms with van der Waals surface area (Å²) in [6, 6.07) is 9.26. The molecule has 0 amide bonds. The molecule has 9 nitrogen and oxygen atoms in total. The molecule has 2 N–H and O–H groups in total. The van der Waals surface area contributed by atoms with Crippen molar-refractivity contribution in [1.82, 2.24) is 19.0 Å². The highest BCUT2D eigenvalue weighted by atomic mass is 16.3. The van der Waals surface area contributed by atoms with Crippen molar-refractivity contribution in [2.75, 3.05) is 12.3 Å². The summed E-state index contributed by atoms with van der Waals surface area (Å²) in [6.07, 6.45) is 3.00. The summed E-state index contributed by atoms with van der Waals surface area (Å²) < 4.78 is 7.61. The number of nitrogens with two attached hydrogens (primary N) is 1. The molecule has 0 aliphatic carbocycles. The van der Waals surface area contributed by atoms with Crippen LogP contribution in [0, 0.1) is 0 Å². The fourth-order valence-corrected chi connectivity index (χ4v) is 3.36. The van der Waals surface area contributed by atoms with Gasteiger partial charge in [-0.15, -0.1) is 0 Å². The molecule has 0 fully saturated rings. The summed E-state index contributed by atoms with van der Waals surface area (Å²) in [7, 11) is 0. The monoisotopic (exact) mass is 425 g/mol. The van der Waals surface area contributed by atoms with E-state index in [1.165, 1.54) is 17.0 Å². The molecular formula is C22H27N5O4. The van der Waals surface area contributed by atoms with Gasteiger partial charge >= 0.3 is 5.69 Å². The minimum absolute atomic E-state index is 0.0132. The molecule has 1 aromatic carbocycles. The average Bonchev–Trinajstić information content (AvgIpc) is 3.25. The van der Waals surface area contributed by atoms with Crippen molar-refractivity contribution in [2.45, 2.75) is 46.4 Å². The van der Waals surface area contributed by atoms with E-state index in [0.29, 0.717) is 12.4 Å². The minimum atomic E-state index is -0.667. The van der Waals surface area contributed by atoms with Gasteiger partial charge < -0.3 is 10.2 Å². The van der Waals surface area contributed by atoms with Gasteiger partial charge in [0.05, 0.1) is 25.8 Å². The molecule has 9 heteroatoms. The topological polar surface area (TPSA) is 116 Å². The van der Waals surface area contributed by atoms with Crippen LogP contribution >= 0.6 is 0 Å². The van der Waals surface area contributed by atoms with E-state index in [4.69, 9.17) is 10.2 Å². The zero-order valence-corrected chi connectivity index (χ0v) is 17.9. The van der Waals surface area contributed by atoms with Crippen LogP contribution in [0.1, 0.15) is 42.6 Å². The lowest BCUT2D eigenvalue weighted by Crippen LogP contribution is -2.45. The van der Waals surface area contributed by atoms with Crippen LogP contribution < -0.4 is 17.0 Å².